The van der Waals surface area contributed by atoms with E-state index >= 15 is 0 Å². The highest BCUT2D eigenvalue weighted by atomic mass is 35.5. The summed E-state index contributed by atoms with van der Waals surface area (Å²) in [5, 5.41) is 11.0. The maximum Gasteiger partial charge on any atom is 0.203 e. The molecule has 4 nitrogen and oxygen atoms in total. The number of fused-ring (bicyclic) bond motifs is 1. The fourth-order valence-electron chi connectivity index (χ4n) is 1.88. The zero-order valence-corrected chi connectivity index (χ0v) is 10.8. The fourth-order valence-corrected chi connectivity index (χ4v) is 1.88. The van der Waals surface area contributed by atoms with Crippen LogP contribution in [0.2, 0.25) is 0 Å². The van der Waals surface area contributed by atoms with Gasteiger partial charge in [0.2, 0.25) is 5.90 Å². The van der Waals surface area contributed by atoms with Crippen molar-refractivity contribution in [2.45, 2.75) is 19.4 Å². The lowest BCUT2D eigenvalue weighted by Crippen LogP contribution is -2.28. The topological polar surface area (TPSA) is 54.3 Å². The van der Waals surface area contributed by atoms with E-state index in [0.717, 1.165) is 17.9 Å². The summed E-state index contributed by atoms with van der Waals surface area (Å²) in [6, 6.07) is 5.86. The van der Waals surface area contributed by atoms with Gasteiger partial charge in [0.15, 0.2) is 0 Å². The SMILES string of the molecule is CCOC(=N)C1Cc2cc(OC)ccc2N1.Cl. The van der Waals surface area contributed by atoms with Crippen molar-refractivity contribution in [3.05, 3.63) is 23.8 Å². The molecule has 0 saturated carbocycles. The van der Waals surface area contributed by atoms with Crippen LogP contribution in [0.1, 0.15) is 12.5 Å². The van der Waals surface area contributed by atoms with Crippen LogP contribution in [0.3, 0.4) is 0 Å². The predicted molar refractivity (Wildman–Crippen MR) is 70.7 cm³/mol. The van der Waals surface area contributed by atoms with Crippen LogP contribution in [0.15, 0.2) is 18.2 Å². The van der Waals surface area contributed by atoms with Gasteiger partial charge in [0.05, 0.1) is 13.7 Å². The molecule has 5 heteroatoms. The average molecular weight is 257 g/mol. The van der Waals surface area contributed by atoms with Gasteiger partial charge < -0.3 is 14.8 Å². The van der Waals surface area contributed by atoms with Crippen LogP contribution in [-0.2, 0) is 11.2 Å². The number of anilines is 1. The standard InChI is InChI=1S/C12H16N2O2.ClH/c1-3-16-12(13)11-7-8-6-9(15-2)4-5-10(8)14-11;/h4-6,11,13-14H,3,7H2,1-2H3;1H. The molecule has 0 aliphatic carbocycles. The molecule has 2 N–H and O–H groups in total. The van der Waals surface area contributed by atoms with E-state index < -0.39 is 0 Å². The number of rotatable bonds is 3. The minimum Gasteiger partial charge on any atom is -0.497 e. The highest BCUT2D eigenvalue weighted by molar-refractivity contribution is 5.85. The summed E-state index contributed by atoms with van der Waals surface area (Å²) in [7, 11) is 1.66. The van der Waals surface area contributed by atoms with Crippen molar-refractivity contribution >= 4 is 24.0 Å². The second-order valence-corrected chi connectivity index (χ2v) is 3.72. The van der Waals surface area contributed by atoms with Crippen LogP contribution in [-0.4, -0.2) is 25.7 Å². The molecule has 1 aliphatic rings. The van der Waals surface area contributed by atoms with E-state index in [2.05, 4.69) is 5.32 Å². The lowest BCUT2D eigenvalue weighted by molar-refractivity contribution is 0.311. The van der Waals surface area contributed by atoms with E-state index in [1.54, 1.807) is 7.11 Å². The molecule has 0 bridgehead atoms. The third kappa shape index (κ3) is 2.82. The monoisotopic (exact) mass is 256 g/mol. The largest absolute Gasteiger partial charge is 0.497 e. The van der Waals surface area contributed by atoms with E-state index in [-0.39, 0.29) is 18.4 Å². The van der Waals surface area contributed by atoms with Crippen molar-refractivity contribution in [1.29, 1.82) is 5.41 Å². The summed E-state index contributed by atoms with van der Waals surface area (Å²) in [5.74, 6) is 1.15. The molecule has 0 aromatic heterocycles. The van der Waals surface area contributed by atoms with Gasteiger partial charge >= 0.3 is 0 Å². The van der Waals surface area contributed by atoms with Crippen molar-refractivity contribution in [2.75, 3.05) is 19.0 Å². The van der Waals surface area contributed by atoms with E-state index in [4.69, 9.17) is 14.9 Å². The smallest absolute Gasteiger partial charge is 0.203 e. The Bertz CT molecular complexity index is 409. The summed E-state index contributed by atoms with van der Waals surface area (Å²) >= 11 is 0. The molecular weight excluding hydrogens is 240 g/mol. The molecule has 1 aromatic carbocycles. The maximum absolute atomic E-state index is 7.74. The molecular formula is C12H17ClN2O2. The van der Waals surface area contributed by atoms with Crippen LogP contribution >= 0.6 is 12.4 Å². The minimum absolute atomic E-state index is 0. The molecule has 1 unspecified atom stereocenters. The normalized spacial score (nSPS) is 16.5. The lowest BCUT2D eigenvalue weighted by atomic mass is 10.1. The Morgan fingerprint density at radius 2 is 2.29 bits per heavy atom. The first-order chi connectivity index (χ1) is 7.74. The average Bonchev–Trinajstić information content (AvgIpc) is 2.71. The van der Waals surface area contributed by atoms with Gasteiger partial charge in [-0.2, -0.15) is 0 Å². The molecule has 0 fully saturated rings. The van der Waals surface area contributed by atoms with Crippen LogP contribution in [0.5, 0.6) is 5.75 Å². The summed E-state index contributed by atoms with van der Waals surface area (Å²) in [6.45, 7) is 2.43. The molecule has 1 heterocycles. The van der Waals surface area contributed by atoms with E-state index in [0.29, 0.717) is 12.5 Å². The van der Waals surface area contributed by atoms with Crippen molar-refractivity contribution in [3.8, 4) is 5.75 Å². The summed E-state index contributed by atoms with van der Waals surface area (Å²) in [4.78, 5) is 0. The first kappa shape index (κ1) is 13.6. The third-order valence-corrected chi connectivity index (χ3v) is 2.68. The highest BCUT2D eigenvalue weighted by Crippen LogP contribution is 2.29. The second-order valence-electron chi connectivity index (χ2n) is 3.72. The summed E-state index contributed by atoms with van der Waals surface area (Å²) in [6.07, 6.45) is 0.783. The molecule has 1 atom stereocenters. The van der Waals surface area contributed by atoms with Gasteiger partial charge in [-0.15, -0.1) is 12.4 Å². The molecule has 2 rings (SSSR count). The Balaban J connectivity index is 0.00000144. The number of halogens is 1. The third-order valence-electron chi connectivity index (χ3n) is 2.68. The van der Waals surface area contributed by atoms with E-state index in [1.807, 2.05) is 25.1 Å². The maximum atomic E-state index is 7.74. The zero-order chi connectivity index (χ0) is 11.5. The molecule has 1 aromatic rings. The minimum atomic E-state index is -0.0398. The van der Waals surface area contributed by atoms with Gasteiger partial charge in [0, 0.05) is 12.1 Å². The van der Waals surface area contributed by atoms with Gasteiger partial charge in [-0.05, 0) is 30.7 Å². The quantitative estimate of drug-likeness (QED) is 0.645. The van der Waals surface area contributed by atoms with Crippen molar-refractivity contribution in [2.24, 2.45) is 0 Å². The molecule has 0 radical (unpaired) electrons. The van der Waals surface area contributed by atoms with Crippen LogP contribution < -0.4 is 10.1 Å². The summed E-state index contributed by atoms with van der Waals surface area (Å²) in [5.41, 5.74) is 2.24. The molecule has 1 aliphatic heterocycles. The first-order valence-electron chi connectivity index (χ1n) is 5.39. The number of hydrogen-bond acceptors (Lipinski definition) is 4. The number of ether oxygens (including phenoxy) is 2. The van der Waals surface area contributed by atoms with Crippen LogP contribution in [0, 0.1) is 5.41 Å². The number of nitrogens with one attached hydrogen (secondary N) is 2. The Hall–Kier alpha value is -1.42. The van der Waals surface area contributed by atoms with Crippen molar-refractivity contribution < 1.29 is 9.47 Å². The molecule has 17 heavy (non-hydrogen) atoms. The lowest BCUT2D eigenvalue weighted by Gasteiger charge is -2.12. The van der Waals surface area contributed by atoms with Crippen molar-refractivity contribution in [1.82, 2.24) is 0 Å². The molecule has 0 saturated heterocycles. The molecule has 0 amide bonds. The predicted octanol–water partition coefficient (Wildman–Crippen LogP) is 2.47. The Labute approximate surface area is 107 Å². The number of hydrogen-bond donors (Lipinski definition) is 2. The van der Waals surface area contributed by atoms with Crippen molar-refractivity contribution in [3.63, 3.8) is 0 Å². The molecule has 0 spiro atoms. The Morgan fingerprint density at radius 3 is 2.94 bits per heavy atom. The van der Waals surface area contributed by atoms with Crippen LogP contribution in [0.25, 0.3) is 0 Å². The number of benzene rings is 1. The highest BCUT2D eigenvalue weighted by Gasteiger charge is 2.25. The van der Waals surface area contributed by atoms with Gasteiger partial charge in [-0.1, -0.05) is 0 Å². The van der Waals surface area contributed by atoms with E-state index in [9.17, 15) is 0 Å². The number of methoxy groups -OCH3 is 1. The zero-order valence-electron chi connectivity index (χ0n) is 9.95. The second kappa shape index (κ2) is 5.77. The first-order valence-corrected chi connectivity index (χ1v) is 5.39. The fraction of sp³-hybridized carbons (Fsp3) is 0.417. The summed E-state index contributed by atoms with van der Waals surface area (Å²) < 4.78 is 10.4. The van der Waals surface area contributed by atoms with E-state index in [1.165, 1.54) is 5.56 Å². The Kier molecular flexibility index (Phi) is 4.63. The molecule has 94 valence electrons. The van der Waals surface area contributed by atoms with Gasteiger partial charge in [-0.25, -0.2) is 0 Å². The van der Waals surface area contributed by atoms with Gasteiger partial charge in [0.25, 0.3) is 0 Å². The van der Waals surface area contributed by atoms with Gasteiger partial charge in [-0.3, -0.25) is 5.41 Å². The Morgan fingerprint density at radius 1 is 1.53 bits per heavy atom. The van der Waals surface area contributed by atoms with Gasteiger partial charge in [0.1, 0.15) is 11.8 Å². The van der Waals surface area contributed by atoms with Crippen LogP contribution in [0.4, 0.5) is 5.69 Å².